The molecule has 0 unspecified atom stereocenters. The number of hydrogen-bond donors (Lipinski definition) is 2. The van der Waals surface area contributed by atoms with Gasteiger partial charge in [0.15, 0.2) is 0 Å². The summed E-state index contributed by atoms with van der Waals surface area (Å²) < 4.78 is 0.807. The fourth-order valence-electron chi connectivity index (χ4n) is 2.74. The summed E-state index contributed by atoms with van der Waals surface area (Å²) in [6.45, 7) is 2.79. The molecule has 4 nitrogen and oxygen atoms in total. The van der Waals surface area contributed by atoms with E-state index in [-0.39, 0.29) is 11.9 Å². The minimum atomic E-state index is -0.225. The van der Waals surface area contributed by atoms with Crippen molar-refractivity contribution in [3.63, 3.8) is 0 Å². The minimum absolute atomic E-state index is 0.220. The molecule has 1 atom stereocenters. The van der Waals surface area contributed by atoms with Crippen molar-refractivity contribution in [2.24, 2.45) is 0 Å². The van der Waals surface area contributed by atoms with Gasteiger partial charge in [-0.25, -0.2) is 0 Å². The van der Waals surface area contributed by atoms with Gasteiger partial charge in [0, 0.05) is 23.2 Å². The fraction of sp³-hybridized carbons (Fsp3) is 0.182. The third-order valence-corrected chi connectivity index (χ3v) is 5.53. The number of nitrogens with one attached hydrogen (secondary N) is 2. The molecule has 3 rings (SSSR count). The number of hydrogen-bond acceptors (Lipinski definition) is 3. The van der Waals surface area contributed by atoms with Crippen molar-refractivity contribution in [3.05, 3.63) is 94.3 Å². The van der Waals surface area contributed by atoms with Gasteiger partial charge in [0.1, 0.15) is 0 Å². The molecule has 2 N–H and O–H groups in total. The standard InChI is InChI=1S/C22H21ClIN3O/c1-15(17-5-3-2-4-6-17)25-13-16-7-10-20(23)21(11-16)27-22(28)18-8-9-19(12-24)26-14-18/h2-11,14-15,25H,12-13H2,1H3,(H,27,28)/t15-/m1/s1. The molecule has 0 aliphatic heterocycles. The van der Waals surface area contributed by atoms with Crippen molar-refractivity contribution in [2.75, 3.05) is 5.32 Å². The maximum atomic E-state index is 12.5. The van der Waals surface area contributed by atoms with Crippen LogP contribution < -0.4 is 10.6 Å². The smallest absolute Gasteiger partial charge is 0.257 e. The van der Waals surface area contributed by atoms with Crippen LogP contribution in [-0.2, 0) is 11.0 Å². The molecule has 1 amide bonds. The monoisotopic (exact) mass is 505 g/mol. The van der Waals surface area contributed by atoms with Crippen LogP contribution in [0.5, 0.6) is 0 Å². The maximum absolute atomic E-state index is 12.5. The number of rotatable bonds is 7. The first-order valence-electron chi connectivity index (χ1n) is 8.96. The van der Waals surface area contributed by atoms with Gasteiger partial charge < -0.3 is 10.6 Å². The van der Waals surface area contributed by atoms with Crippen LogP contribution >= 0.6 is 34.2 Å². The van der Waals surface area contributed by atoms with E-state index in [1.807, 2.05) is 36.4 Å². The summed E-state index contributed by atoms with van der Waals surface area (Å²) >= 11 is 8.52. The first kappa shape index (κ1) is 20.8. The molecule has 144 valence electrons. The number of halogens is 2. The van der Waals surface area contributed by atoms with Gasteiger partial charge in [0.05, 0.1) is 22.0 Å². The van der Waals surface area contributed by atoms with Crippen molar-refractivity contribution >= 4 is 45.8 Å². The van der Waals surface area contributed by atoms with Crippen LogP contribution in [0.1, 0.15) is 40.1 Å². The Kier molecular flexibility index (Phi) is 7.42. The Morgan fingerprint density at radius 2 is 1.93 bits per heavy atom. The molecule has 0 spiro atoms. The third kappa shape index (κ3) is 5.53. The molecule has 0 bridgehead atoms. The average molecular weight is 506 g/mol. The van der Waals surface area contributed by atoms with Crippen LogP contribution in [0.4, 0.5) is 5.69 Å². The zero-order chi connectivity index (χ0) is 19.9. The number of nitrogens with zero attached hydrogens (tertiary/aromatic N) is 1. The second-order valence-corrected chi connectivity index (χ2v) is 7.62. The van der Waals surface area contributed by atoms with Crippen LogP contribution in [0.15, 0.2) is 66.9 Å². The van der Waals surface area contributed by atoms with Gasteiger partial charge in [0.25, 0.3) is 5.91 Å². The highest BCUT2D eigenvalue weighted by Crippen LogP contribution is 2.24. The van der Waals surface area contributed by atoms with Gasteiger partial charge in [0.2, 0.25) is 0 Å². The topological polar surface area (TPSA) is 54.0 Å². The summed E-state index contributed by atoms with van der Waals surface area (Å²) in [5.41, 5.74) is 4.31. The number of anilines is 1. The Bertz CT molecular complexity index is 932. The van der Waals surface area contributed by atoms with E-state index in [9.17, 15) is 4.79 Å². The molecular formula is C22H21ClIN3O. The molecular weight excluding hydrogens is 485 g/mol. The summed E-state index contributed by atoms with van der Waals surface area (Å²) in [6, 6.07) is 19.8. The van der Waals surface area contributed by atoms with E-state index in [0.717, 1.165) is 15.7 Å². The lowest BCUT2D eigenvalue weighted by Crippen LogP contribution is -2.18. The lowest BCUT2D eigenvalue weighted by atomic mass is 10.1. The van der Waals surface area contributed by atoms with Crippen LogP contribution in [-0.4, -0.2) is 10.9 Å². The Labute approximate surface area is 183 Å². The highest BCUT2D eigenvalue weighted by Gasteiger charge is 2.11. The van der Waals surface area contributed by atoms with Crippen molar-refractivity contribution in [1.29, 1.82) is 0 Å². The highest BCUT2D eigenvalue weighted by atomic mass is 127. The minimum Gasteiger partial charge on any atom is -0.321 e. The van der Waals surface area contributed by atoms with Crippen LogP contribution in [0.3, 0.4) is 0 Å². The van der Waals surface area contributed by atoms with Crippen LogP contribution in [0.25, 0.3) is 0 Å². The molecule has 1 aromatic heterocycles. The summed E-state index contributed by atoms with van der Waals surface area (Å²) in [6.07, 6.45) is 1.59. The number of aromatic nitrogens is 1. The number of alkyl halides is 1. The van der Waals surface area contributed by atoms with Crippen molar-refractivity contribution < 1.29 is 4.79 Å². The zero-order valence-corrected chi connectivity index (χ0v) is 18.4. The molecule has 0 radical (unpaired) electrons. The summed E-state index contributed by atoms with van der Waals surface area (Å²) in [4.78, 5) is 16.8. The number of benzene rings is 2. The molecule has 0 aliphatic carbocycles. The number of pyridine rings is 1. The highest BCUT2D eigenvalue weighted by molar-refractivity contribution is 14.1. The first-order valence-corrected chi connectivity index (χ1v) is 10.9. The zero-order valence-electron chi connectivity index (χ0n) is 15.5. The summed E-state index contributed by atoms with van der Waals surface area (Å²) in [5, 5.41) is 6.88. The second kappa shape index (κ2) is 10.0. The Morgan fingerprint density at radius 3 is 2.61 bits per heavy atom. The Balaban J connectivity index is 1.66. The van der Waals surface area contributed by atoms with Crippen LogP contribution in [0, 0.1) is 0 Å². The Hall–Kier alpha value is -1.96. The molecule has 0 saturated carbocycles. The molecule has 0 fully saturated rings. The molecule has 28 heavy (non-hydrogen) atoms. The normalized spacial score (nSPS) is 11.8. The lowest BCUT2D eigenvalue weighted by Gasteiger charge is -2.15. The van der Waals surface area contributed by atoms with E-state index in [4.69, 9.17) is 11.6 Å². The lowest BCUT2D eigenvalue weighted by molar-refractivity contribution is 0.102. The third-order valence-electron chi connectivity index (χ3n) is 4.41. The van der Waals surface area contributed by atoms with Gasteiger partial charge in [-0.2, -0.15) is 0 Å². The molecule has 0 saturated heterocycles. The molecule has 2 aromatic carbocycles. The molecule has 6 heteroatoms. The summed E-state index contributed by atoms with van der Waals surface area (Å²) in [5.74, 6) is -0.225. The van der Waals surface area contributed by atoms with Gasteiger partial charge in [-0.15, -0.1) is 0 Å². The predicted molar refractivity (Wildman–Crippen MR) is 123 cm³/mol. The summed E-state index contributed by atoms with van der Waals surface area (Å²) in [7, 11) is 0. The average Bonchev–Trinajstić information content (AvgIpc) is 2.74. The fourth-order valence-corrected chi connectivity index (χ4v) is 3.36. The molecule has 1 heterocycles. The largest absolute Gasteiger partial charge is 0.321 e. The van der Waals surface area contributed by atoms with Gasteiger partial charge in [-0.05, 0) is 42.3 Å². The molecule has 0 aliphatic rings. The molecule has 3 aromatic rings. The van der Waals surface area contributed by atoms with E-state index in [1.165, 1.54) is 5.56 Å². The van der Waals surface area contributed by atoms with E-state index < -0.39 is 0 Å². The number of amides is 1. The SMILES string of the molecule is C[C@@H](NCc1ccc(Cl)c(NC(=O)c2ccc(CI)nc2)c1)c1ccccc1. The van der Waals surface area contributed by atoms with Crippen LogP contribution in [0.2, 0.25) is 5.02 Å². The van der Waals surface area contributed by atoms with E-state index in [2.05, 4.69) is 57.3 Å². The Morgan fingerprint density at radius 1 is 1.14 bits per heavy atom. The van der Waals surface area contributed by atoms with Crippen molar-refractivity contribution in [3.8, 4) is 0 Å². The van der Waals surface area contributed by atoms with Crippen molar-refractivity contribution in [2.45, 2.75) is 23.9 Å². The van der Waals surface area contributed by atoms with Gasteiger partial charge in [-0.1, -0.05) is 70.6 Å². The number of carbonyl (C=O) groups excluding carboxylic acids is 1. The van der Waals surface area contributed by atoms with E-state index in [1.54, 1.807) is 18.3 Å². The van der Waals surface area contributed by atoms with Crippen molar-refractivity contribution in [1.82, 2.24) is 10.3 Å². The van der Waals surface area contributed by atoms with E-state index in [0.29, 0.717) is 22.8 Å². The second-order valence-electron chi connectivity index (χ2n) is 6.45. The quantitative estimate of drug-likeness (QED) is 0.316. The first-order chi connectivity index (χ1) is 13.6. The maximum Gasteiger partial charge on any atom is 0.257 e. The number of carbonyl (C=O) groups is 1. The van der Waals surface area contributed by atoms with Gasteiger partial charge >= 0.3 is 0 Å². The van der Waals surface area contributed by atoms with Gasteiger partial charge in [-0.3, -0.25) is 9.78 Å². The van der Waals surface area contributed by atoms with E-state index >= 15 is 0 Å². The predicted octanol–water partition coefficient (Wildman–Crippen LogP) is 5.77.